The van der Waals surface area contributed by atoms with E-state index >= 15 is 0 Å². The van der Waals surface area contributed by atoms with Crippen molar-refractivity contribution in [2.24, 2.45) is 0 Å². The first-order valence-corrected chi connectivity index (χ1v) is 8.13. The Balaban J connectivity index is 2.41. The van der Waals surface area contributed by atoms with Gasteiger partial charge in [-0.2, -0.15) is 0 Å². The Morgan fingerprint density at radius 2 is 1.85 bits per heavy atom. The number of nitrogens with one attached hydrogen (secondary N) is 1. The van der Waals surface area contributed by atoms with Crippen molar-refractivity contribution in [3.8, 4) is 5.75 Å². The van der Waals surface area contributed by atoms with E-state index in [0.717, 1.165) is 5.56 Å². The monoisotopic (exact) mass is 355 g/mol. The van der Waals surface area contributed by atoms with Crippen LogP contribution < -0.4 is 9.46 Å². The molecule has 0 bridgehead atoms. The molecule has 106 valence electrons. The lowest BCUT2D eigenvalue weighted by atomic mass is 10.2. The van der Waals surface area contributed by atoms with Crippen molar-refractivity contribution >= 4 is 31.6 Å². The SMILES string of the molecule is COc1cc(C)ccc1NS(=O)(=O)c1ccccc1Br. The summed E-state index contributed by atoms with van der Waals surface area (Å²) in [7, 11) is -2.16. The molecule has 0 aromatic heterocycles. The molecule has 0 fully saturated rings. The minimum absolute atomic E-state index is 0.183. The van der Waals surface area contributed by atoms with Crippen LogP contribution in [0.5, 0.6) is 5.75 Å². The summed E-state index contributed by atoms with van der Waals surface area (Å²) < 4.78 is 33.0. The molecule has 0 aliphatic heterocycles. The first-order chi connectivity index (χ1) is 9.44. The molecule has 0 heterocycles. The lowest BCUT2D eigenvalue weighted by Gasteiger charge is -2.13. The third-order valence-electron chi connectivity index (χ3n) is 2.73. The van der Waals surface area contributed by atoms with Gasteiger partial charge in [-0.1, -0.05) is 18.2 Å². The summed E-state index contributed by atoms with van der Waals surface area (Å²) >= 11 is 3.24. The Bertz CT molecular complexity index is 729. The molecule has 0 spiro atoms. The second-order valence-corrected chi connectivity index (χ2v) is 6.74. The quantitative estimate of drug-likeness (QED) is 0.911. The van der Waals surface area contributed by atoms with E-state index < -0.39 is 10.0 Å². The molecule has 0 amide bonds. The summed E-state index contributed by atoms with van der Waals surface area (Å²) in [6.07, 6.45) is 0. The number of hydrogen-bond donors (Lipinski definition) is 1. The fourth-order valence-corrected chi connectivity index (χ4v) is 3.82. The van der Waals surface area contributed by atoms with Crippen molar-refractivity contribution in [1.29, 1.82) is 0 Å². The molecule has 20 heavy (non-hydrogen) atoms. The van der Waals surface area contributed by atoms with Crippen molar-refractivity contribution in [2.45, 2.75) is 11.8 Å². The van der Waals surface area contributed by atoms with Gasteiger partial charge in [0.15, 0.2) is 0 Å². The van der Waals surface area contributed by atoms with Crippen molar-refractivity contribution in [3.63, 3.8) is 0 Å². The molecule has 4 nitrogen and oxygen atoms in total. The number of benzene rings is 2. The maximum atomic E-state index is 12.4. The van der Waals surface area contributed by atoms with Gasteiger partial charge < -0.3 is 4.74 Å². The zero-order chi connectivity index (χ0) is 14.8. The van der Waals surface area contributed by atoms with Gasteiger partial charge in [-0.25, -0.2) is 8.42 Å². The zero-order valence-corrected chi connectivity index (χ0v) is 13.5. The average Bonchev–Trinajstić information content (AvgIpc) is 2.41. The second kappa shape index (κ2) is 5.85. The predicted molar refractivity (Wildman–Crippen MR) is 82.7 cm³/mol. The Kier molecular flexibility index (Phi) is 4.35. The third kappa shape index (κ3) is 3.13. The first kappa shape index (κ1) is 14.9. The Morgan fingerprint density at radius 1 is 1.15 bits per heavy atom. The van der Waals surface area contributed by atoms with Gasteiger partial charge in [-0.15, -0.1) is 0 Å². The van der Waals surface area contributed by atoms with Crippen LogP contribution in [0.3, 0.4) is 0 Å². The standard InChI is InChI=1S/C14H14BrNO3S/c1-10-7-8-12(13(9-10)19-2)16-20(17,18)14-6-4-3-5-11(14)15/h3-9,16H,1-2H3. The van der Waals surface area contributed by atoms with Gasteiger partial charge in [0.1, 0.15) is 10.6 Å². The zero-order valence-electron chi connectivity index (χ0n) is 11.1. The lowest BCUT2D eigenvalue weighted by Crippen LogP contribution is -2.14. The highest BCUT2D eigenvalue weighted by Crippen LogP contribution is 2.29. The van der Waals surface area contributed by atoms with Crippen molar-refractivity contribution in [1.82, 2.24) is 0 Å². The van der Waals surface area contributed by atoms with Crippen LogP contribution in [0, 0.1) is 6.92 Å². The van der Waals surface area contributed by atoms with Crippen molar-refractivity contribution in [3.05, 3.63) is 52.5 Å². The van der Waals surface area contributed by atoms with E-state index in [1.54, 1.807) is 30.3 Å². The topological polar surface area (TPSA) is 55.4 Å². The maximum absolute atomic E-state index is 12.4. The number of rotatable bonds is 4. The van der Waals surface area contributed by atoms with Crippen LogP contribution in [0.1, 0.15) is 5.56 Å². The van der Waals surface area contributed by atoms with E-state index in [-0.39, 0.29) is 4.90 Å². The van der Waals surface area contributed by atoms with E-state index in [4.69, 9.17) is 4.74 Å². The molecular formula is C14H14BrNO3S. The number of halogens is 1. The average molecular weight is 356 g/mol. The highest BCUT2D eigenvalue weighted by atomic mass is 79.9. The third-order valence-corrected chi connectivity index (χ3v) is 5.11. The maximum Gasteiger partial charge on any atom is 0.263 e. The molecule has 0 radical (unpaired) electrons. The number of hydrogen-bond acceptors (Lipinski definition) is 3. The molecule has 1 N–H and O–H groups in total. The molecule has 0 saturated heterocycles. The van der Waals surface area contributed by atoms with Crippen molar-refractivity contribution in [2.75, 3.05) is 11.8 Å². The van der Waals surface area contributed by atoms with Crippen LogP contribution in [0.15, 0.2) is 51.8 Å². The Morgan fingerprint density at radius 3 is 2.50 bits per heavy atom. The normalized spacial score (nSPS) is 11.2. The van der Waals surface area contributed by atoms with Crippen LogP contribution in [0.4, 0.5) is 5.69 Å². The van der Waals surface area contributed by atoms with Gasteiger partial charge >= 0.3 is 0 Å². The van der Waals surface area contributed by atoms with Crippen LogP contribution in [-0.4, -0.2) is 15.5 Å². The molecule has 0 saturated carbocycles. The summed E-state index contributed by atoms with van der Waals surface area (Å²) in [6.45, 7) is 1.91. The van der Waals surface area contributed by atoms with Gasteiger partial charge in [0, 0.05) is 4.47 Å². The fourth-order valence-electron chi connectivity index (χ4n) is 1.75. The highest BCUT2D eigenvalue weighted by molar-refractivity contribution is 9.10. The number of aryl methyl sites for hydroxylation is 1. The minimum atomic E-state index is -3.67. The smallest absolute Gasteiger partial charge is 0.263 e. The molecule has 2 aromatic carbocycles. The van der Waals surface area contributed by atoms with Gasteiger partial charge in [0.25, 0.3) is 10.0 Å². The summed E-state index contributed by atoms with van der Waals surface area (Å²) in [4.78, 5) is 0.183. The highest BCUT2D eigenvalue weighted by Gasteiger charge is 2.18. The Hall–Kier alpha value is -1.53. The van der Waals surface area contributed by atoms with Gasteiger partial charge in [0.05, 0.1) is 12.8 Å². The summed E-state index contributed by atoms with van der Waals surface area (Å²) in [5.41, 5.74) is 1.40. The molecule has 0 aliphatic rings. The van der Waals surface area contributed by atoms with Gasteiger partial charge in [0.2, 0.25) is 0 Å². The number of ether oxygens (including phenoxy) is 1. The minimum Gasteiger partial charge on any atom is -0.495 e. The number of sulfonamides is 1. The van der Waals surface area contributed by atoms with Crippen LogP contribution in [0.25, 0.3) is 0 Å². The molecule has 6 heteroatoms. The van der Waals surface area contributed by atoms with Gasteiger partial charge in [-0.3, -0.25) is 4.72 Å². The van der Waals surface area contributed by atoms with E-state index in [0.29, 0.717) is 15.9 Å². The molecule has 2 aromatic rings. The molecule has 0 unspecified atom stereocenters. The summed E-state index contributed by atoms with van der Waals surface area (Å²) in [5, 5.41) is 0. The summed E-state index contributed by atoms with van der Waals surface area (Å²) in [6, 6.07) is 11.9. The second-order valence-electron chi connectivity index (χ2n) is 4.24. The van der Waals surface area contributed by atoms with E-state index in [9.17, 15) is 8.42 Å². The Labute approximate surface area is 127 Å². The van der Waals surface area contributed by atoms with Crippen LogP contribution >= 0.6 is 15.9 Å². The van der Waals surface area contributed by atoms with E-state index in [2.05, 4.69) is 20.7 Å². The van der Waals surface area contributed by atoms with Crippen LogP contribution in [0.2, 0.25) is 0 Å². The lowest BCUT2D eigenvalue weighted by molar-refractivity contribution is 0.416. The summed E-state index contributed by atoms with van der Waals surface area (Å²) in [5.74, 6) is 0.487. The largest absolute Gasteiger partial charge is 0.495 e. The van der Waals surface area contributed by atoms with Gasteiger partial charge in [-0.05, 0) is 52.7 Å². The number of anilines is 1. The fraction of sp³-hybridized carbons (Fsp3) is 0.143. The van der Waals surface area contributed by atoms with Crippen molar-refractivity contribution < 1.29 is 13.2 Å². The van der Waals surface area contributed by atoms with Crippen LogP contribution in [-0.2, 0) is 10.0 Å². The molecule has 2 rings (SSSR count). The molecule has 0 atom stereocenters. The van der Waals surface area contributed by atoms with E-state index in [1.807, 2.05) is 13.0 Å². The molecule has 0 aliphatic carbocycles. The first-order valence-electron chi connectivity index (χ1n) is 5.86. The molecular weight excluding hydrogens is 342 g/mol. The predicted octanol–water partition coefficient (Wildman–Crippen LogP) is 3.57. The number of methoxy groups -OCH3 is 1. The van der Waals surface area contributed by atoms with E-state index in [1.165, 1.54) is 13.2 Å².